The van der Waals surface area contributed by atoms with Gasteiger partial charge in [-0.25, -0.2) is 9.07 Å². The Hall–Kier alpha value is -2.96. The molecule has 0 saturated carbocycles. The van der Waals surface area contributed by atoms with Crippen LogP contribution in [0.25, 0.3) is 16.7 Å². The number of hydrogen-bond acceptors (Lipinski definition) is 3. The maximum Gasteiger partial charge on any atom is 0.255 e. The zero-order valence-corrected chi connectivity index (χ0v) is 18.4. The standard InChI is InChI=1S/C24H29FN4O2/c1-16-20(11-12-21(30)28-13-6-4-5-7-14-28)24(31)27(3)23-22(16)17(2)26-29(23)19-10-8-9-18(25)15-19/h8-10,15H,4-7,11-14H2,1-3H3. The van der Waals surface area contributed by atoms with Crippen molar-refractivity contribution in [1.29, 1.82) is 0 Å². The number of halogens is 1. The summed E-state index contributed by atoms with van der Waals surface area (Å²) in [4.78, 5) is 27.9. The van der Waals surface area contributed by atoms with Crippen molar-refractivity contribution in [3.63, 3.8) is 0 Å². The molecular weight excluding hydrogens is 395 g/mol. The lowest BCUT2D eigenvalue weighted by Crippen LogP contribution is -2.33. The van der Waals surface area contributed by atoms with Gasteiger partial charge in [-0.15, -0.1) is 0 Å². The number of likely N-dealkylation sites (tertiary alicyclic amines) is 1. The first-order valence-corrected chi connectivity index (χ1v) is 11.0. The Balaban J connectivity index is 1.71. The fraction of sp³-hybridized carbons (Fsp3) is 0.458. The number of hydrogen-bond donors (Lipinski definition) is 0. The van der Waals surface area contributed by atoms with Crippen LogP contribution in [-0.4, -0.2) is 38.2 Å². The van der Waals surface area contributed by atoms with Crippen LogP contribution < -0.4 is 5.56 Å². The van der Waals surface area contributed by atoms with E-state index in [1.165, 1.54) is 25.0 Å². The van der Waals surface area contributed by atoms with Crippen molar-refractivity contribution >= 4 is 16.9 Å². The molecule has 3 aromatic rings. The smallest absolute Gasteiger partial charge is 0.255 e. The SMILES string of the molecule is Cc1nn(-c2cccc(F)c2)c2c1c(C)c(CCC(=O)N1CCCCCC1)c(=O)n2C. The molecule has 0 N–H and O–H groups in total. The summed E-state index contributed by atoms with van der Waals surface area (Å²) >= 11 is 0. The van der Waals surface area contributed by atoms with Crippen LogP contribution in [0, 0.1) is 19.7 Å². The zero-order valence-electron chi connectivity index (χ0n) is 18.4. The maximum absolute atomic E-state index is 13.8. The van der Waals surface area contributed by atoms with E-state index in [1.807, 2.05) is 18.7 Å². The van der Waals surface area contributed by atoms with Crippen molar-refractivity contribution in [1.82, 2.24) is 19.2 Å². The number of nitrogens with zero attached hydrogens (tertiary/aromatic N) is 4. The zero-order chi connectivity index (χ0) is 22.1. The monoisotopic (exact) mass is 424 g/mol. The Labute approximate surface area is 181 Å². The third kappa shape index (κ3) is 4.01. The number of benzene rings is 1. The van der Waals surface area contributed by atoms with E-state index in [9.17, 15) is 14.0 Å². The molecule has 0 bridgehead atoms. The summed E-state index contributed by atoms with van der Waals surface area (Å²) in [6.45, 7) is 5.44. The van der Waals surface area contributed by atoms with Crippen molar-refractivity contribution in [3.05, 3.63) is 57.3 Å². The van der Waals surface area contributed by atoms with E-state index in [1.54, 1.807) is 28.4 Å². The summed E-state index contributed by atoms with van der Waals surface area (Å²) in [5.41, 5.74) is 3.34. The summed E-state index contributed by atoms with van der Waals surface area (Å²) in [5, 5.41) is 5.48. The fourth-order valence-electron chi connectivity index (χ4n) is 4.67. The molecule has 7 heteroatoms. The molecular formula is C24H29FN4O2. The van der Waals surface area contributed by atoms with Crippen molar-refractivity contribution in [2.45, 2.75) is 52.4 Å². The van der Waals surface area contributed by atoms with Gasteiger partial charge in [-0.05, 0) is 56.9 Å². The Kier molecular flexibility index (Phi) is 5.94. The normalized spacial score (nSPS) is 14.8. The van der Waals surface area contributed by atoms with Gasteiger partial charge in [-0.2, -0.15) is 5.10 Å². The van der Waals surface area contributed by atoms with Gasteiger partial charge >= 0.3 is 0 Å². The second-order valence-corrected chi connectivity index (χ2v) is 8.44. The molecule has 0 radical (unpaired) electrons. The highest BCUT2D eigenvalue weighted by Gasteiger charge is 2.22. The summed E-state index contributed by atoms with van der Waals surface area (Å²) in [6, 6.07) is 6.18. The molecule has 0 atom stereocenters. The van der Waals surface area contributed by atoms with Gasteiger partial charge in [0.25, 0.3) is 5.56 Å². The van der Waals surface area contributed by atoms with Gasteiger partial charge < -0.3 is 4.90 Å². The van der Waals surface area contributed by atoms with Gasteiger partial charge in [0.15, 0.2) is 0 Å². The first-order chi connectivity index (χ1) is 14.9. The summed E-state index contributed by atoms with van der Waals surface area (Å²) < 4.78 is 17.0. The van der Waals surface area contributed by atoms with Crippen molar-refractivity contribution in [3.8, 4) is 5.69 Å². The van der Waals surface area contributed by atoms with E-state index in [0.717, 1.165) is 42.6 Å². The van der Waals surface area contributed by atoms with E-state index >= 15 is 0 Å². The number of amides is 1. The number of fused-ring (bicyclic) bond motifs is 1. The second kappa shape index (κ2) is 8.65. The lowest BCUT2D eigenvalue weighted by molar-refractivity contribution is -0.131. The maximum atomic E-state index is 13.8. The van der Waals surface area contributed by atoms with Gasteiger partial charge in [-0.1, -0.05) is 18.9 Å². The molecule has 1 fully saturated rings. The van der Waals surface area contributed by atoms with Gasteiger partial charge in [0.2, 0.25) is 5.91 Å². The minimum absolute atomic E-state index is 0.121. The molecule has 1 amide bonds. The summed E-state index contributed by atoms with van der Waals surface area (Å²) in [6.07, 6.45) is 5.20. The van der Waals surface area contributed by atoms with Crippen LogP contribution in [-0.2, 0) is 18.3 Å². The molecule has 0 unspecified atom stereocenters. The average molecular weight is 425 g/mol. The number of pyridine rings is 1. The summed E-state index contributed by atoms with van der Waals surface area (Å²) in [7, 11) is 1.71. The molecule has 1 aliphatic heterocycles. The van der Waals surface area contributed by atoms with Crippen LogP contribution in [0.3, 0.4) is 0 Å². The Morgan fingerprint density at radius 1 is 1.13 bits per heavy atom. The van der Waals surface area contributed by atoms with Crippen LogP contribution in [0.4, 0.5) is 4.39 Å². The number of aromatic nitrogens is 3. The molecule has 31 heavy (non-hydrogen) atoms. The van der Waals surface area contributed by atoms with E-state index in [2.05, 4.69) is 5.10 Å². The van der Waals surface area contributed by atoms with Crippen LogP contribution in [0.15, 0.2) is 29.1 Å². The van der Waals surface area contributed by atoms with Crippen molar-refractivity contribution < 1.29 is 9.18 Å². The Morgan fingerprint density at radius 2 is 1.84 bits per heavy atom. The molecule has 0 spiro atoms. The largest absolute Gasteiger partial charge is 0.343 e. The lowest BCUT2D eigenvalue weighted by atomic mass is 10.0. The Bertz CT molecular complexity index is 1190. The number of carbonyl (C=O) groups is 1. The van der Waals surface area contributed by atoms with Crippen molar-refractivity contribution in [2.75, 3.05) is 13.1 Å². The first-order valence-electron chi connectivity index (χ1n) is 11.0. The van der Waals surface area contributed by atoms with Crippen LogP contribution >= 0.6 is 0 Å². The topological polar surface area (TPSA) is 60.1 Å². The van der Waals surface area contributed by atoms with E-state index in [0.29, 0.717) is 29.7 Å². The van der Waals surface area contributed by atoms with Gasteiger partial charge in [0.1, 0.15) is 11.5 Å². The molecule has 4 rings (SSSR count). The molecule has 6 nitrogen and oxygen atoms in total. The molecule has 164 valence electrons. The molecule has 1 saturated heterocycles. The highest BCUT2D eigenvalue weighted by molar-refractivity contribution is 5.85. The fourth-order valence-corrected chi connectivity index (χ4v) is 4.67. The molecule has 1 aromatic carbocycles. The third-order valence-corrected chi connectivity index (χ3v) is 6.34. The van der Waals surface area contributed by atoms with E-state index < -0.39 is 0 Å². The predicted molar refractivity (Wildman–Crippen MR) is 119 cm³/mol. The molecule has 0 aliphatic carbocycles. The highest BCUT2D eigenvalue weighted by atomic mass is 19.1. The van der Waals surface area contributed by atoms with Gasteiger partial charge in [0.05, 0.1) is 11.4 Å². The van der Waals surface area contributed by atoms with E-state index in [4.69, 9.17) is 0 Å². The quantitative estimate of drug-likeness (QED) is 0.640. The van der Waals surface area contributed by atoms with Crippen molar-refractivity contribution in [2.24, 2.45) is 7.05 Å². The van der Waals surface area contributed by atoms with Gasteiger partial charge in [-0.3, -0.25) is 14.2 Å². The predicted octanol–water partition coefficient (Wildman–Crippen LogP) is 3.82. The first kappa shape index (κ1) is 21.3. The number of aryl methyl sites for hydroxylation is 3. The molecule has 1 aliphatic rings. The average Bonchev–Trinajstić information content (AvgIpc) is 2.91. The van der Waals surface area contributed by atoms with Crippen LogP contribution in [0.1, 0.15) is 48.9 Å². The summed E-state index contributed by atoms with van der Waals surface area (Å²) in [5.74, 6) is -0.236. The molecule has 3 heterocycles. The highest BCUT2D eigenvalue weighted by Crippen LogP contribution is 2.26. The number of rotatable bonds is 4. The van der Waals surface area contributed by atoms with E-state index in [-0.39, 0.29) is 17.3 Å². The van der Waals surface area contributed by atoms with Crippen LogP contribution in [0.2, 0.25) is 0 Å². The Morgan fingerprint density at radius 3 is 2.52 bits per heavy atom. The lowest BCUT2D eigenvalue weighted by Gasteiger charge is -2.20. The minimum atomic E-state index is -0.357. The molecule has 2 aromatic heterocycles. The van der Waals surface area contributed by atoms with Crippen LogP contribution in [0.5, 0.6) is 0 Å². The second-order valence-electron chi connectivity index (χ2n) is 8.44. The third-order valence-electron chi connectivity index (χ3n) is 6.34. The number of carbonyl (C=O) groups excluding carboxylic acids is 1. The minimum Gasteiger partial charge on any atom is -0.343 e. The van der Waals surface area contributed by atoms with Gasteiger partial charge in [0, 0.05) is 37.5 Å².